The lowest BCUT2D eigenvalue weighted by molar-refractivity contribution is -0.141. The van der Waals surface area contributed by atoms with Gasteiger partial charge in [0.15, 0.2) is 11.6 Å². The van der Waals surface area contributed by atoms with Gasteiger partial charge in [0, 0.05) is 18.9 Å². The predicted molar refractivity (Wildman–Crippen MR) is 99.3 cm³/mol. The fourth-order valence-electron chi connectivity index (χ4n) is 2.77. The Morgan fingerprint density at radius 3 is 2.62 bits per heavy atom. The van der Waals surface area contributed by atoms with Crippen molar-refractivity contribution < 1.29 is 23.1 Å². The molecule has 0 fully saturated rings. The zero-order valence-corrected chi connectivity index (χ0v) is 15.7. The van der Waals surface area contributed by atoms with Gasteiger partial charge in [0.2, 0.25) is 0 Å². The molecular formula is C20H17F2N3O4. The number of aryl methyl sites for hydroxylation is 1. The van der Waals surface area contributed by atoms with E-state index in [0.717, 1.165) is 35.9 Å². The van der Waals surface area contributed by atoms with Crippen molar-refractivity contribution in [3.63, 3.8) is 0 Å². The van der Waals surface area contributed by atoms with Crippen LogP contribution in [0.15, 0.2) is 47.5 Å². The number of nitrogens with zero attached hydrogens (tertiary/aromatic N) is 3. The van der Waals surface area contributed by atoms with Gasteiger partial charge in [-0.2, -0.15) is 0 Å². The van der Waals surface area contributed by atoms with Crippen LogP contribution in [0.4, 0.5) is 8.78 Å². The molecule has 1 aromatic carbocycles. The molecular weight excluding hydrogens is 384 g/mol. The molecule has 0 radical (unpaired) electrons. The molecule has 3 aromatic rings. The van der Waals surface area contributed by atoms with Crippen LogP contribution in [0.2, 0.25) is 0 Å². The molecule has 1 amide bonds. The lowest BCUT2D eigenvalue weighted by Gasteiger charge is -2.21. The summed E-state index contributed by atoms with van der Waals surface area (Å²) >= 11 is 0. The van der Waals surface area contributed by atoms with E-state index in [4.69, 9.17) is 0 Å². The summed E-state index contributed by atoms with van der Waals surface area (Å²) in [6.07, 6.45) is 2.63. The molecule has 7 nitrogen and oxygen atoms in total. The van der Waals surface area contributed by atoms with Gasteiger partial charge in [-0.1, -0.05) is 6.07 Å². The largest absolute Gasteiger partial charge is 0.468 e. The number of esters is 1. The van der Waals surface area contributed by atoms with Crippen molar-refractivity contribution in [3.8, 4) is 0 Å². The zero-order valence-electron chi connectivity index (χ0n) is 15.7. The van der Waals surface area contributed by atoms with Crippen LogP contribution in [0.25, 0.3) is 5.65 Å². The maximum absolute atomic E-state index is 13.5. The van der Waals surface area contributed by atoms with Gasteiger partial charge in [-0.25, -0.2) is 13.8 Å². The number of hydrogen-bond acceptors (Lipinski definition) is 5. The number of hydrogen-bond donors (Lipinski definition) is 0. The third kappa shape index (κ3) is 4.29. The number of amides is 1. The summed E-state index contributed by atoms with van der Waals surface area (Å²) < 4.78 is 32.5. The van der Waals surface area contributed by atoms with Crippen molar-refractivity contribution in [2.75, 3.05) is 13.7 Å². The van der Waals surface area contributed by atoms with E-state index in [1.165, 1.54) is 16.7 Å². The molecule has 150 valence electrons. The Morgan fingerprint density at radius 2 is 1.93 bits per heavy atom. The van der Waals surface area contributed by atoms with Gasteiger partial charge >= 0.3 is 5.97 Å². The summed E-state index contributed by atoms with van der Waals surface area (Å²) in [7, 11) is 1.15. The van der Waals surface area contributed by atoms with Crippen molar-refractivity contribution in [1.29, 1.82) is 0 Å². The Hall–Kier alpha value is -3.62. The molecule has 0 N–H and O–H groups in total. The van der Waals surface area contributed by atoms with Crippen LogP contribution >= 0.6 is 0 Å². The Balaban J connectivity index is 1.99. The summed E-state index contributed by atoms with van der Waals surface area (Å²) in [5.41, 5.74) is 0.622. The number of aromatic nitrogens is 2. The molecule has 0 aliphatic rings. The molecule has 0 unspecified atom stereocenters. The molecule has 0 saturated carbocycles. The van der Waals surface area contributed by atoms with E-state index in [-0.39, 0.29) is 17.7 Å². The smallest absolute Gasteiger partial charge is 0.325 e. The number of methoxy groups -OCH3 is 1. The second kappa shape index (κ2) is 8.17. The monoisotopic (exact) mass is 401 g/mol. The van der Waals surface area contributed by atoms with Crippen LogP contribution in [-0.2, 0) is 16.1 Å². The van der Waals surface area contributed by atoms with E-state index < -0.39 is 35.6 Å². The molecule has 0 aliphatic heterocycles. The van der Waals surface area contributed by atoms with Crippen LogP contribution in [0.1, 0.15) is 21.5 Å². The van der Waals surface area contributed by atoms with Crippen molar-refractivity contribution >= 4 is 17.5 Å². The van der Waals surface area contributed by atoms with Gasteiger partial charge < -0.3 is 9.64 Å². The number of fused-ring (bicyclic) bond motifs is 1. The summed E-state index contributed by atoms with van der Waals surface area (Å²) in [6.45, 7) is 1.12. The van der Waals surface area contributed by atoms with Crippen LogP contribution in [-0.4, -0.2) is 39.8 Å². The Bertz CT molecular complexity index is 1160. The first-order valence-corrected chi connectivity index (χ1v) is 8.58. The van der Waals surface area contributed by atoms with Gasteiger partial charge in [0.1, 0.15) is 17.8 Å². The quantitative estimate of drug-likeness (QED) is 0.612. The summed E-state index contributed by atoms with van der Waals surface area (Å²) in [4.78, 5) is 42.6. The summed E-state index contributed by atoms with van der Waals surface area (Å²) in [6, 6.07) is 6.49. The normalized spacial score (nSPS) is 10.8. The van der Waals surface area contributed by atoms with Crippen LogP contribution in [0, 0.1) is 18.6 Å². The van der Waals surface area contributed by atoms with Gasteiger partial charge in [-0.15, -0.1) is 0 Å². The van der Waals surface area contributed by atoms with Gasteiger partial charge in [0.25, 0.3) is 11.5 Å². The van der Waals surface area contributed by atoms with Crippen molar-refractivity contribution in [2.45, 2.75) is 13.5 Å². The third-order valence-corrected chi connectivity index (χ3v) is 4.29. The van der Waals surface area contributed by atoms with E-state index in [1.807, 2.05) is 6.92 Å². The SMILES string of the molecule is COC(=O)CN(Cc1ccc(F)c(F)c1)C(=O)c1cnc2cc(C)ccn2c1=O. The first-order valence-electron chi connectivity index (χ1n) is 8.58. The average molecular weight is 401 g/mol. The summed E-state index contributed by atoms with van der Waals surface area (Å²) in [5, 5.41) is 0. The maximum Gasteiger partial charge on any atom is 0.325 e. The minimum absolute atomic E-state index is 0.235. The van der Waals surface area contributed by atoms with Gasteiger partial charge in [0.05, 0.1) is 7.11 Å². The first-order chi connectivity index (χ1) is 13.8. The molecule has 2 aromatic heterocycles. The van der Waals surface area contributed by atoms with E-state index in [1.54, 1.807) is 12.1 Å². The first kappa shape index (κ1) is 20.1. The Morgan fingerprint density at radius 1 is 1.17 bits per heavy atom. The van der Waals surface area contributed by atoms with Crippen LogP contribution in [0.3, 0.4) is 0 Å². The molecule has 2 heterocycles. The van der Waals surface area contributed by atoms with Gasteiger partial charge in [-0.3, -0.25) is 18.8 Å². The molecule has 3 rings (SSSR count). The molecule has 0 atom stereocenters. The highest BCUT2D eigenvalue weighted by Crippen LogP contribution is 2.13. The minimum atomic E-state index is -1.09. The zero-order chi connectivity index (χ0) is 21.1. The van der Waals surface area contributed by atoms with Gasteiger partial charge in [-0.05, 0) is 42.3 Å². The standard InChI is InChI=1S/C20H17F2N3O4/c1-12-5-6-25-17(7-12)23-9-14(20(25)28)19(27)24(11-18(26)29-2)10-13-3-4-15(21)16(22)8-13/h3-9H,10-11H2,1-2H3. The number of ether oxygens (including phenoxy) is 1. The molecule has 0 spiro atoms. The second-order valence-electron chi connectivity index (χ2n) is 6.40. The lowest BCUT2D eigenvalue weighted by atomic mass is 10.1. The molecule has 0 saturated heterocycles. The Kier molecular flexibility index (Phi) is 5.67. The number of carbonyl (C=O) groups excluding carboxylic acids is 2. The molecule has 29 heavy (non-hydrogen) atoms. The average Bonchev–Trinajstić information content (AvgIpc) is 2.69. The van der Waals surface area contributed by atoms with E-state index >= 15 is 0 Å². The highest BCUT2D eigenvalue weighted by Gasteiger charge is 2.23. The lowest BCUT2D eigenvalue weighted by Crippen LogP contribution is -2.39. The number of rotatable bonds is 5. The Labute approximate surface area is 164 Å². The molecule has 9 heteroatoms. The molecule has 0 aliphatic carbocycles. The fraction of sp³-hybridized carbons (Fsp3) is 0.200. The third-order valence-electron chi connectivity index (χ3n) is 4.29. The summed E-state index contributed by atoms with van der Waals surface area (Å²) in [5.74, 6) is -3.64. The number of halogens is 2. The number of carbonyl (C=O) groups is 2. The number of benzene rings is 1. The van der Waals surface area contributed by atoms with Crippen molar-refractivity contribution in [1.82, 2.24) is 14.3 Å². The predicted octanol–water partition coefficient (Wildman–Crippen LogP) is 2.10. The molecule has 0 bridgehead atoms. The van der Waals surface area contributed by atoms with Crippen LogP contribution in [0.5, 0.6) is 0 Å². The topological polar surface area (TPSA) is 81.0 Å². The minimum Gasteiger partial charge on any atom is -0.468 e. The van der Waals surface area contributed by atoms with E-state index in [9.17, 15) is 23.2 Å². The second-order valence-corrected chi connectivity index (χ2v) is 6.40. The highest BCUT2D eigenvalue weighted by atomic mass is 19.2. The van der Waals surface area contributed by atoms with E-state index in [2.05, 4.69) is 9.72 Å². The number of pyridine rings is 1. The van der Waals surface area contributed by atoms with E-state index in [0.29, 0.717) is 5.65 Å². The van der Waals surface area contributed by atoms with Crippen LogP contribution < -0.4 is 5.56 Å². The fourth-order valence-corrected chi connectivity index (χ4v) is 2.77. The highest BCUT2D eigenvalue weighted by molar-refractivity contribution is 5.95. The van der Waals surface area contributed by atoms with Crippen molar-refractivity contribution in [3.05, 3.63) is 81.4 Å². The maximum atomic E-state index is 13.5. The van der Waals surface area contributed by atoms with Crippen molar-refractivity contribution in [2.24, 2.45) is 0 Å².